The highest BCUT2D eigenvalue weighted by atomic mass is 16.5. The lowest BCUT2D eigenvalue weighted by atomic mass is 9.98. The summed E-state index contributed by atoms with van der Waals surface area (Å²) < 4.78 is 7.71. The summed E-state index contributed by atoms with van der Waals surface area (Å²) in [6, 6.07) is 15.2. The number of aromatic nitrogens is 2. The van der Waals surface area contributed by atoms with E-state index in [1.54, 1.807) is 7.11 Å². The Morgan fingerprint density at radius 3 is 2.64 bits per heavy atom. The van der Waals surface area contributed by atoms with Crippen molar-refractivity contribution >= 4 is 22.2 Å². The summed E-state index contributed by atoms with van der Waals surface area (Å²) >= 11 is 0. The SMILES string of the molecule is COc1ccccc1C1=CC=C(c2ccc3c(c2)ncn3C(C)C)C1. The Bertz CT molecular complexity index is 992. The van der Waals surface area contributed by atoms with Crippen LogP contribution in [0, 0.1) is 0 Å². The van der Waals surface area contributed by atoms with Crippen LogP contribution in [0.2, 0.25) is 0 Å². The molecular formula is C22H22N2O. The molecule has 25 heavy (non-hydrogen) atoms. The van der Waals surface area contributed by atoms with E-state index in [-0.39, 0.29) is 0 Å². The Kier molecular flexibility index (Phi) is 3.92. The maximum Gasteiger partial charge on any atom is 0.126 e. The molecule has 3 nitrogen and oxygen atoms in total. The molecule has 126 valence electrons. The molecule has 1 aliphatic rings. The normalized spacial score (nSPS) is 14.1. The van der Waals surface area contributed by atoms with Gasteiger partial charge in [0.05, 0.1) is 24.5 Å². The van der Waals surface area contributed by atoms with Crippen LogP contribution in [-0.4, -0.2) is 16.7 Å². The minimum atomic E-state index is 0.417. The average Bonchev–Trinajstić information content (AvgIpc) is 3.28. The number of ether oxygens (including phenoxy) is 1. The van der Waals surface area contributed by atoms with Gasteiger partial charge in [-0.1, -0.05) is 36.4 Å². The standard InChI is InChI=1S/C22H22N2O/c1-15(2)24-14-23-20-13-17(10-11-21(20)24)16-8-9-18(12-16)19-6-4-5-7-22(19)25-3/h4-11,13-15H,12H2,1-3H3. The van der Waals surface area contributed by atoms with Crippen molar-refractivity contribution in [2.45, 2.75) is 26.3 Å². The molecule has 4 rings (SSSR count). The minimum absolute atomic E-state index is 0.417. The fraction of sp³-hybridized carbons (Fsp3) is 0.227. The van der Waals surface area contributed by atoms with Crippen molar-refractivity contribution in [3.63, 3.8) is 0 Å². The number of rotatable bonds is 4. The lowest BCUT2D eigenvalue weighted by Gasteiger charge is -2.11. The number of hydrogen-bond donors (Lipinski definition) is 0. The molecule has 0 saturated carbocycles. The molecule has 0 atom stereocenters. The van der Waals surface area contributed by atoms with E-state index in [9.17, 15) is 0 Å². The number of fused-ring (bicyclic) bond motifs is 1. The Labute approximate surface area is 148 Å². The van der Waals surface area contributed by atoms with Crippen molar-refractivity contribution in [2.24, 2.45) is 0 Å². The van der Waals surface area contributed by atoms with Crippen molar-refractivity contribution in [2.75, 3.05) is 7.11 Å². The summed E-state index contributed by atoms with van der Waals surface area (Å²) in [4.78, 5) is 4.58. The van der Waals surface area contributed by atoms with E-state index >= 15 is 0 Å². The minimum Gasteiger partial charge on any atom is -0.496 e. The molecule has 1 aromatic heterocycles. The van der Waals surface area contributed by atoms with Crippen LogP contribution in [0.15, 0.2) is 60.9 Å². The first kappa shape index (κ1) is 15.7. The summed E-state index contributed by atoms with van der Waals surface area (Å²) in [5, 5.41) is 0. The Morgan fingerprint density at radius 1 is 1.04 bits per heavy atom. The average molecular weight is 330 g/mol. The summed E-state index contributed by atoms with van der Waals surface area (Å²) in [6.07, 6.45) is 7.25. The number of hydrogen-bond acceptors (Lipinski definition) is 2. The van der Waals surface area contributed by atoms with Gasteiger partial charge in [-0.25, -0.2) is 4.98 Å². The van der Waals surface area contributed by atoms with E-state index in [4.69, 9.17) is 4.74 Å². The fourth-order valence-corrected chi connectivity index (χ4v) is 3.46. The van der Waals surface area contributed by atoms with E-state index in [0.29, 0.717) is 6.04 Å². The molecule has 0 radical (unpaired) electrons. The van der Waals surface area contributed by atoms with Gasteiger partial charge >= 0.3 is 0 Å². The number of methoxy groups -OCH3 is 1. The van der Waals surface area contributed by atoms with E-state index in [1.807, 2.05) is 18.5 Å². The van der Waals surface area contributed by atoms with Crippen LogP contribution in [0.1, 0.15) is 37.4 Å². The predicted octanol–water partition coefficient (Wildman–Crippen LogP) is 5.50. The van der Waals surface area contributed by atoms with E-state index < -0.39 is 0 Å². The lowest BCUT2D eigenvalue weighted by molar-refractivity contribution is 0.413. The maximum absolute atomic E-state index is 5.50. The van der Waals surface area contributed by atoms with Gasteiger partial charge in [-0.15, -0.1) is 0 Å². The molecule has 0 saturated heterocycles. The Hall–Kier alpha value is -2.81. The van der Waals surface area contributed by atoms with Gasteiger partial charge in [0, 0.05) is 11.6 Å². The number of nitrogens with zero attached hydrogens (tertiary/aromatic N) is 2. The van der Waals surface area contributed by atoms with E-state index in [2.05, 4.69) is 65.9 Å². The number of allylic oxidation sites excluding steroid dienone is 4. The zero-order valence-electron chi connectivity index (χ0n) is 14.9. The van der Waals surface area contributed by atoms with Crippen LogP contribution in [0.3, 0.4) is 0 Å². The van der Waals surface area contributed by atoms with Crippen molar-refractivity contribution < 1.29 is 4.74 Å². The largest absolute Gasteiger partial charge is 0.496 e. The van der Waals surface area contributed by atoms with Crippen LogP contribution in [0.25, 0.3) is 22.2 Å². The van der Waals surface area contributed by atoms with Crippen LogP contribution in [0.4, 0.5) is 0 Å². The topological polar surface area (TPSA) is 27.1 Å². The van der Waals surface area contributed by atoms with Crippen LogP contribution in [-0.2, 0) is 0 Å². The predicted molar refractivity (Wildman–Crippen MR) is 104 cm³/mol. The molecule has 0 N–H and O–H groups in total. The third-order valence-corrected chi connectivity index (χ3v) is 4.82. The van der Waals surface area contributed by atoms with Gasteiger partial charge < -0.3 is 9.30 Å². The van der Waals surface area contributed by atoms with E-state index in [0.717, 1.165) is 17.7 Å². The first-order chi connectivity index (χ1) is 12.2. The maximum atomic E-state index is 5.50. The van der Waals surface area contributed by atoms with Gasteiger partial charge in [-0.3, -0.25) is 0 Å². The molecule has 0 bridgehead atoms. The molecule has 0 unspecified atom stereocenters. The fourth-order valence-electron chi connectivity index (χ4n) is 3.46. The zero-order chi connectivity index (χ0) is 17.4. The Balaban J connectivity index is 1.62. The molecular weight excluding hydrogens is 308 g/mol. The van der Waals surface area contributed by atoms with Gasteiger partial charge in [-0.05, 0) is 55.2 Å². The third kappa shape index (κ3) is 2.76. The molecule has 3 aromatic rings. The van der Waals surface area contributed by atoms with Crippen LogP contribution in [0.5, 0.6) is 5.75 Å². The van der Waals surface area contributed by atoms with Gasteiger partial charge in [0.25, 0.3) is 0 Å². The molecule has 0 aliphatic heterocycles. The molecule has 0 amide bonds. The smallest absolute Gasteiger partial charge is 0.126 e. The molecule has 3 heteroatoms. The van der Waals surface area contributed by atoms with E-state index in [1.165, 1.54) is 27.8 Å². The summed E-state index contributed by atoms with van der Waals surface area (Å²) in [7, 11) is 1.72. The van der Waals surface area contributed by atoms with Crippen molar-refractivity contribution in [3.05, 3.63) is 72.1 Å². The van der Waals surface area contributed by atoms with Crippen molar-refractivity contribution in [3.8, 4) is 5.75 Å². The molecule has 1 aliphatic carbocycles. The van der Waals surface area contributed by atoms with Crippen LogP contribution >= 0.6 is 0 Å². The Morgan fingerprint density at radius 2 is 1.84 bits per heavy atom. The van der Waals surface area contributed by atoms with Crippen molar-refractivity contribution in [1.29, 1.82) is 0 Å². The van der Waals surface area contributed by atoms with Gasteiger partial charge in [-0.2, -0.15) is 0 Å². The molecule has 1 heterocycles. The number of benzene rings is 2. The number of imidazole rings is 1. The molecule has 0 spiro atoms. The highest BCUT2D eigenvalue weighted by Gasteiger charge is 2.16. The summed E-state index contributed by atoms with van der Waals surface area (Å²) in [6.45, 7) is 4.36. The highest BCUT2D eigenvalue weighted by Crippen LogP contribution is 2.38. The van der Waals surface area contributed by atoms with Gasteiger partial charge in [0.15, 0.2) is 0 Å². The third-order valence-electron chi connectivity index (χ3n) is 4.82. The van der Waals surface area contributed by atoms with Gasteiger partial charge in [0.1, 0.15) is 5.75 Å². The van der Waals surface area contributed by atoms with Crippen LogP contribution < -0.4 is 4.74 Å². The second-order valence-electron chi connectivity index (χ2n) is 6.71. The quantitative estimate of drug-likeness (QED) is 0.632. The second-order valence-corrected chi connectivity index (χ2v) is 6.71. The first-order valence-electron chi connectivity index (χ1n) is 8.67. The monoisotopic (exact) mass is 330 g/mol. The first-order valence-corrected chi connectivity index (χ1v) is 8.67. The lowest BCUT2D eigenvalue weighted by Crippen LogP contribution is -1.97. The highest BCUT2D eigenvalue weighted by molar-refractivity contribution is 5.90. The second kappa shape index (κ2) is 6.25. The van der Waals surface area contributed by atoms with Crippen molar-refractivity contribution in [1.82, 2.24) is 9.55 Å². The molecule has 0 fully saturated rings. The number of para-hydroxylation sites is 1. The summed E-state index contributed by atoms with van der Waals surface area (Å²) in [5.74, 6) is 0.925. The zero-order valence-corrected chi connectivity index (χ0v) is 14.9. The molecule has 2 aromatic carbocycles. The summed E-state index contributed by atoms with van der Waals surface area (Å²) in [5.41, 5.74) is 7.26. The van der Waals surface area contributed by atoms with Gasteiger partial charge in [0.2, 0.25) is 0 Å².